The van der Waals surface area contributed by atoms with Gasteiger partial charge in [-0.1, -0.05) is 6.07 Å². The van der Waals surface area contributed by atoms with E-state index < -0.39 is 0 Å². The molecule has 18 heavy (non-hydrogen) atoms. The number of hydrogen-bond donors (Lipinski definition) is 0. The zero-order chi connectivity index (χ0) is 12.4. The molecule has 0 N–H and O–H groups in total. The summed E-state index contributed by atoms with van der Waals surface area (Å²) in [5.41, 5.74) is 1.21. The third-order valence-electron chi connectivity index (χ3n) is 3.69. The number of rotatable bonds is 3. The smallest absolute Gasteiger partial charge is 0.128 e. The monoisotopic (exact) mass is 244 g/mol. The summed E-state index contributed by atoms with van der Waals surface area (Å²) in [5, 5.41) is 1.08. The fourth-order valence-electron chi connectivity index (χ4n) is 2.64. The van der Waals surface area contributed by atoms with Crippen LogP contribution in [-0.2, 0) is 11.3 Å². The van der Waals surface area contributed by atoms with Crippen LogP contribution in [0, 0.1) is 12.0 Å². The summed E-state index contributed by atoms with van der Waals surface area (Å²) >= 11 is 0. The van der Waals surface area contributed by atoms with Crippen molar-refractivity contribution in [2.45, 2.75) is 19.4 Å². The first-order valence-corrected chi connectivity index (χ1v) is 6.50. The summed E-state index contributed by atoms with van der Waals surface area (Å²) in [6, 6.07) is 9.46. The maximum absolute atomic E-state index is 5.41. The van der Waals surface area contributed by atoms with Gasteiger partial charge in [0.25, 0.3) is 0 Å². The Kier molecular flexibility index (Phi) is 3.24. The number of benzene rings is 1. The van der Waals surface area contributed by atoms with E-state index in [1.807, 2.05) is 18.3 Å². The maximum Gasteiger partial charge on any atom is 0.128 e. The summed E-state index contributed by atoms with van der Waals surface area (Å²) in [4.78, 5) is 0. The van der Waals surface area contributed by atoms with Gasteiger partial charge < -0.3 is 14.0 Å². The van der Waals surface area contributed by atoms with E-state index in [0.29, 0.717) is 5.92 Å². The van der Waals surface area contributed by atoms with Gasteiger partial charge in [0.2, 0.25) is 0 Å². The number of ether oxygens (including phenoxy) is 2. The number of fused-ring (bicyclic) bond motifs is 1. The maximum atomic E-state index is 5.41. The number of nitrogens with zero attached hydrogens (tertiary/aromatic N) is 1. The Balaban J connectivity index is 1.88. The molecule has 0 atom stereocenters. The molecule has 1 fully saturated rings. The van der Waals surface area contributed by atoms with E-state index in [1.54, 1.807) is 7.11 Å². The third kappa shape index (κ3) is 2.10. The molecule has 95 valence electrons. The molecule has 3 nitrogen and oxygen atoms in total. The fraction of sp³-hybridized carbons (Fsp3) is 0.467. The standard InChI is InChI=1S/C15H18NO2/c1-17-15-4-2-3-14-13(15)5-8-16(14)11-12-6-9-18-10-7-12/h2-4,8,12H,6-7,9-11H2,1H3. The van der Waals surface area contributed by atoms with Gasteiger partial charge in [0.05, 0.1) is 12.6 Å². The first-order chi connectivity index (χ1) is 8.88. The van der Waals surface area contributed by atoms with Crippen molar-refractivity contribution < 1.29 is 9.47 Å². The van der Waals surface area contributed by atoms with Crippen LogP contribution < -0.4 is 4.74 Å². The SMILES string of the molecule is COc1cccc2c1[c]cn2CC1CCOCC1. The first kappa shape index (κ1) is 11.6. The molecule has 1 aliphatic heterocycles. The van der Waals surface area contributed by atoms with Crippen LogP contribution in [0.1, 0.15) is 12.8 Å². The highest BCUT2D eigenvalue weighted by molar-refractivity contribution is 5.85. The Hall–Kier alpha value is -1.48. The lowest BCUT2D eigenvalue weighted by atomic mass is 10.0. The van der Waals surface area contributed by atoms with Gasteiger partial charge in [-0.05, 0) is 30.9 Å². The van der Waals surface area contributed by atoms with E-state index in [9.17, 15) is 0 Å². The molecule has 0 unspecified atom stereocenters. The molecule has 3 heteroatoms. The lowest BCUT2D eigenvalue weighted by Gasteiger charge is -2.22. The number of aromatic nitrogens is 1. The van der Waals surface area contributed by atoms with Gasteiger partial charge in [-0.2, -0.15) is 0 Å². The second-order valence-electron chi connectivity index (χ2n) is 4.84. The Labute approximate surface area is 107 Å². The molecule has 1 radical (unpaired) electrons. The average Bonchev–Trinajstić information content (AvgIpc) is 2.83. The summed E-state index contributed by atoms with van der Waals surface area (Å²) < 4.78 is 13.1. The average molecular weight is 244 g/mol. The van der Waals surface area contributed by atoms with E-state index in [2.05, 4.69) is 16.7 Å². The largest absolute Gasteiger partial charge is 0.496 e. The highest BCUT2D eigenvalue weighted by Crippen LogP contribution is 2.27. The van der Waals surface area contributed by atoms with Crippen LogP contribution >= 0.6 is 0 Å². The Morgan fingerprint density at radius 3 is 3.00 bits per heavy atom. The summed E-state index contributed by atoms with van der Waals surface area (Å²) in [5.74, 6) is 1.62. The Morgan fingerprint density at radius 1 is 1.39 bits per heavy atom. The van der Waals surface area contributed by atoms with E-state index >= 15 is 0 Å². The summed E-state index contributed by atoms with van der Waals surface area (Å²) in [7, 11) is 1.71. The molecule has 0 spiro atoms. The lowest BCUT2D eigenvalue weighted by molar-refractivity contribution is 0.0616. The Morgan fingerprint density at radius 2 is 2.22 bits per heavy atom. The van der Waals surface area contributed by atoms with Gasteiger partial charge in [-0.3, -0.25) is 0 Å². The molecule has 2 heterocycles. The van der Waals surface area contributed by atoms with Gasteiger partial charge >= 0.3 is 0 Å². The van der Waals surface area contributed by atoms with E-state index in [-0.39, 0.29) is 0 Å². The van der Waals surface area contributed by atoms with Crippen LogP contribution in [0.3, 0.4) is 0 Å². The minimum absolute atomic E-state index is 0.717. The highest BCUT2D eigenvalue weighted by atomic mass is 16.5. The number of methoxy groups -OCH3 is 1. The van der Waals surface area contributed by atoms with Crippen molar-refractivity contribution in [1.82, 2.24) is 4.57 Å². The summed E-state index contributed by atoms with van der Waals surface area (Å²) in [6.07, 6.45) is 4.36. The van der Waals surface area contributed by atoms with Gasteiger partial charge in [-0.15, -0.1) is 0 Å². The topological polar surface area (TPSA) is 23.4 Å². The second kappa shape index (κ2) is 5.02. The number of hydrogen-bond acceptors (Lipinski definition) is 2. The first-order valence-electron chi connectivity index (χ1n) is 6.50. The quantitative estimate of drug-likeness (QED) is 0.828. The minimum atomic E-state index is 0.717. The molecule has 1 saturated heterocycles. The molecule has 1 aliphatic rings. The van der Waals surface area contributed by atoms with Gasteiger partial charge in [0.15, 0.2) is 0 Å². The molecule has 0 aliphatic carbocycles. The highest BCUT2D eigenvalue weighted by Gasteiger charge is 2.15. The Bertz CT molecular complexity index is 526. The zero-order valence-electron chi connectivity index (χ0n) is 10.7. The van der Waals surface area contributed by atoms with Crippen molar-refractivity contribution in [1.29, 1.82) is 0 Å². The summed E-state index contributed by atoms with van der Waals surface area (Å²) in [6.45, 7) is 2.85. The van der Waals surface area contributed by atoms with Crippen LogP contribution in [0.5, 0.6) is 5.75 Å². The van der Waals surface area contributed by atoms with Crippen molar-refractivity contribution in [2.24, 2.45) is 5.92 Å². The van der Waals surface area contributed by atoms with E-state index in [4.69, 9.17) is 9.47 Å². The molecule has 0 saturated carbocycles. The molecule has 3 rings (SSSR count). The van der Waals surface area contributed by atoms with E-state index in [1.165, 1.54) is 5.52 Å². The van der Waals surface area contributed by atoms with Gasteiger partial charge in [0.1, 0.15) is 5.75 Å². The van der Waals surface area contributed by atoms with Crippen LogP contribution in [0.4, 0.5) is 0 Å². The van der Waals surface area contributed by atoms with Gasteiger partial charge in [0, 0.05) is 37.4 Å². The lowest BCUT2D eigenvalue weighted by Crippen LogP contribution is -2.20. The molecule has 0 bridgehead atoms. The van der Waals surface area contributed by atoms with Crippen molar-refractivity contribution in [3.63, 3.8) is 0 Å². The molecule has 1 aromatic carbocycles. The minimum Gasteiger partial charge on any atom is -0.496 e. The molecular weight excluding hydrogens is 226 g/mol. The van der Waals surface area contributed by atoms with Crippen LogP contribution in [0.2, 0.25) is 0 Å². The van der Waals surface area contributed by atoms with Crippen molar-refractivity contribution in [3.05, 3.63) is 30.5 Å². The van der Waals surface area contributed by atoms with Crippen LogP contribution in [0.25, 0.3) is 10.9 Å². The fourth-order valence-corrected chi connectivity index (χ4v) is 2.64. The van der Waals surface area contributed by atoms with Gasteiger partial charge in [-0.25, -0.2) is 0 Å². The van der Waals surface area contributed by atoms with Crippen LogP contribution in [-0.4, -0.2) is 24.9 Å². The predicted octanol–water partition coefficient (Wildman–Crippen LogP) is 2.88. The second-order valence-corrected chi connectivity index (χ2v) is 4.84. The zero-order valence-corrected chi connectivity index (χ0v) is 10.7. The molecule has 0 amide bonds. The van der Waals surface area contributed by atoms with Crippen LogP contribution in [0.15, 0.2) is 24.4 Å². The van der Waals surface area contributed by atoms with E-state index in [0.717, 1.165) is 43.7 Å². The molecule has 1 aromatic heterocycles. The van der Waals surface area contributed by atoms with Crippen molar-refractivity contribution in [2.75, 3.05) is 20.3 Å². The third-order valence-corrected chi connectivity index (χ3v) is 3.69. The molecular formula is C15H18NO2. The normalized spacial score (nSPS) is 17.2. The van der Waals surface area contributed by atoms with Crippen molar-refractivity contribution >= 4 is 10.9 Å². The molecule has 2 aromatic rings. The predicted molar refractivity (Wildman–Crippen MR) is 70.9 cm³/mol. The van der Waals surface area contributed by atoms with Crippen molar-refractivity contribution in [3.8, 4) is 5.75 Å².